The van der Waals surface area contributed by atoms with E-state index in [1.54, 1.807) is 0 Å². The molecule has 4 fully saturated rings. The van der Waals surface area contributed by atoms with Crippen LogP contribution in [0.1, 0.15) is 110 Å². The van der Waals surface area contributed by atoms with E-state index in [1.165, 1.54) is 45.3 Å². The Labute approximate surface area is 248 Å². The zero-order valence-electron chi connectivity index (χ0n) is 25.6. The van der Waals surface area contributed by atoms with E-state index in [-0.39, 0.29) is 42.6 Å². The molecule has 0 spiro atoms. The molecule has 0 radical (unpaired) electrons. The van der Waals surface area contributed by atoms with Crippen molar-refractivity contribution in [1.82, 2.24) is 0 Å². The predicted molar refractivity (Wildman–Crippen MR) is 159 cm³/mol. The van der Waals surface area contributed by atoms with Crippen molar-refractivity contribution in [2.75, 3.05) is 20.3 Å². The first kappa shape index (κ1) is 32.7. The lowest BCUT2D eigenvalue weighted by molar-refractivity contribution is -0.193. The van der Waals surface area contributed by atoms with Gasteiger partial charge in [-0.3, -0.25) is 0 Å². The van der Waals surface area contributed by atoms with Crippen molar-refractivity contribution in [3.8, 4) is 0 Å². The Morgan fingerprint density at radius 2 is 1.76 bits per heavy atom. The molecule has 2 saturated heterocycles. The second kappa shape index (κ2) is 17.8. The van der Waals surface area contributed by atoms with Crippen molar-refractivity contribution in [2.24, 2.45) is 23.7 Å². The minimum absolute atomic E-state index is 0.0355. The van der Waals surface area contributed by atoms with Crippen molar-refractivity contribution < 1.29 is 33.6 Å². The summed E-state index contributed by atoms with van der Waals surface area (Å²) >= 11 is 0. The van der Waals surface area contributed by atoms with Crippen LogP contribution in [0.5, 0.6) is 0 Å². The molecule has 2 heterocycles. The van der Waals surface area contributed by atoms with E-state index in [0.717, 1.165) is 83.3 Å². The topological polar surface area (TPSA) is 83.5 Å². The van der Waals surface area contributed by atoms with Gasteiger partial charge in [0.15, 0.2) is 12.6 Å². The molecule has 4 unspecified atom stereocenters. The van der Waals surface area contributed by atoms with E-state index in [0.29, 0.717) is 12.3 Å². The van der Waals surface area contributed by atoms with E-state index in [1.807, 2.05) is 6.08 Å². The number of aliphatic hydroxyl groups excluding tert-OH is 1. The van der Waals surface area contributed by atoms with Gasteiger partial charge < -0.3 is 28.8 Å². The Balaban J connectivity index is 1.44. The van der Waals surface area contributed by atoms with Gasteiger partial charge in [-0.25, -0.2) is 4.79 Å². The second-order valence-corrected chi connectivity index (χ2v) is 12.7. The fourth-order valence-electron chi connectivity index (χ4n) is 7.43. The molecule has 2 saturated carbocycles. The Kier molecular flexibility index (Phi) is 14.2. The molecule has 0 aromatic carbocycles. The van der Waals surface area contributed by atoms with Crippen molar-refractivity contribution in [2.45, 2.75) is 141 Å². The summed E-state index contributed by atoms with van der Waals surface area (Å²) in [6, 6.07) is 0. The number of allylic oxidation sites excluding steroid dienone is 1. The highest BCUT2D eigenvalue weighted by molar-refractivity contribution is 5.81. The fourth-order valence-corrected chi connectivity index (χ4v) is 7.43. The lowest BCUT2D eigenvalue weighted by Gasteiger charge is -2.31. The first-order chi connectivity index (χ1) is 20.1. The molecule has 7 heteroatoms. The summed E-state index contributed by atoms with van der Waals surface area (Å²) in [5, 5.41) is 11.2. The third-order valence-electron chi connectivity index (χ3n) is 9.68. The molecule has 0 aromatic rings. The summed E-state index contributed by atoms with van der Waals surface area (Å²) in [5.41, 5.74) is 0. The number of hydrogen-bond acceptors (Lipinski definition) is 7. The zero-order valence-corrected chi connectivity index (χ0v) is 25.6. The number of aliphatic hydroxyl groups is 1. The summed E-state index contributed by atoms with van der Waals surface area (Å²) in [5.74, 6) is 1.25. The third-order valence-corrected chi connectivity index (χ3v) is 9.68. The number of methoxy groups -OCH3 is 1. The summed E-state index contributed by atoms with van der Waals surface area (Å²) in [7, 11) is 1.40. The van der Waals surface area contributed by atoms with E-state index < -0.39 is 6.10 Å². The zero-order chi connectivity index (χ0) is 28.9. The SMILES string of the molecule is CCCC1CCC([C@@H](/C=C/[C@@H]2[C@@H](CCCC/C=C/C(=O)OC)[C@@H](O)C[C@H]2OC2CCCCO2)OC2CCCCO2)C1. The highest BCUT2D eigenvalue weighted by Gasteiger charge is 2.43. The molecule has 1 N–H and O–H groups in total. The number of carbonyl (C=O) groups is 1. The second-order valence-electron chi connectivity index (χ2n) is 12.7. The third kappa shape index (κ3) is 10.5. The highest BCUT2D eigenvalue weighted by Crippen LogP contribution is 2.42. The lowest BCUT2D eigenvalue weighted by Crippen LogP contribution is -2.32. The standard InChI is InChI=1S/C34H56O7/c1-3-12-25-17-18-26(23-25)30(40-33-15-8-10-21-38-33)20-19-28-27(13-6-4-5-7-14-32(36)37-2)29(35)24-31(28)41-34-16-9-11-22-39-34/h7,14,19-20,25-31,33-35H,3-6,8-13,15-18,21-24H2,1-2H3/b14-7+,20-19+/t25?,26?,27-,28-,29+,30-,31-,33?,34?/m1/s1. The maximum atomic E-state index is 11.3. The average molecular weight is 577 g/mol. The van der Waals surface area contributed by atoms with Gasteiger partial charge in [0.1, 0.15) is 0 Å². The van der Waals surface area contributed by atoms with Gasteiger partial charge in [-0.2, -0.15) is 0 Å². The normalized spacial score (nSPS) is 35.4. The molecule has 234 valence electrons. The molecule has 0 aromatic heterocycles. The number of esters is 1. The van der Waals surface area contributed by atoms with Crippen LogP contribution in [0.2, 0.25) is 0 Å². The van der Waals surface area contributed by atoms with Gasteiger partial charge in [-0.15, -0.1) is 0 Å². The number of hydrogen-bond donors (Lipinski definition) is 1. The molecule has 0 bridgehead atoms. The maximum Gasteiger partial charge on any atom is 0.330 e. The maximum absolute atomic E-state index is 11.3. The van der Waals surface area contributed by atoms with Gasteiger partial charge in [0.2, 0.25) is 0 Å². The van der Waals surface area contributed by atoms with Crippen LogP contribution in [-0.4, -0.2) is 62.3 Å². The van der Waals surface area contributed by atoms with Gasteiger partial charge in [-0.1, -0.05) is 50.8 Å². The molecule has 4 aliphatic rings. The van der Waals surface area contributed by atoms with Crippen LogP contribution in [0.15, 0.2) is 24.3 Å². The number of unbranched alkanes of at least 4 members (excludes halogenated alkanes) is 2. The predicted octanol–water partition coefficient (Wildman–Crippen LogP) is 6.87. The smallest absolute Gasteiger partial charge is 0.330 e. The van der Waals surface area contributed by atoms with E-state index in [4.69, 9.17) is 18.9 Å². The molecule has 9 atom stereocenters. The Morgan fingerprint density at radius 1 is 0.976 bits per heavy atom. The first-order valence-electron chi connectivity index (χ1n) is 16.7. The van der Waals surface area contributed by atoms with Gasteiger partial charge in [-0.05, 0) is 88.4 Å². The van der Waals surface area contributed by atoms with Crippen molar-refractivity contribution >= 4 is 5.97 Å². The quantitative estimate of drug-likeness (QED) is 0.0986. The Bertz CT molecular complexity index is 801. The van der Waals surface area contributed by atoms with Gasteiger partial charge in [0.25, 0.3) is 0 Å². The molecule has 0 amide bonds. The van der Waals surface area contributed by atoms with Gasteiger partial charge in [0.05, 0.1) is 25.4 Å². The Morgan fingerprint density at radius 3 is 2.46 bits per heavy atom. The monoisotopic (exact) mass is 576 g/mol. The van der Waals surface area contributed by atoms with Crippen molar-refractivity contribution in [3.05, 3.63) is 24.3 Å². The van der Waals surface area contributed by atoms with Crippen molar-refractivity contribution in [3.63, 3.8) is 0 Å². The van der Waals surface area contributed by atoms with Crippen LogP contribution in [0, 0.1) is 23.7 Å². The van der Waals surface area contributed by atoms with Crippen LogP contribution in [-0.2, 0) is 28.5 Å². The average Bonchev–Trinajstić information content (AvgIpc) is 3.57. The van der Waals surface area contributed by atoms with Crippen LogP contribution in [0.4, 0.5) is 0 Å². The molecule has 41 heavy (non-hydrogen) atoms. The largest absolute Gasteiger partial charge is 0.466 e. The van der Waals surface area contributed by atoms with E-state index in [2.05, 4.69) is 23.8 Å². The summed E-state index contributed by atoms with van der Waals surface area (Å²) in [6.07, 6.45) is 24.3. The van der Waals surface area contributed by atoms with E-state index in [9.17, 15) is 9.90 Å². The number of carbonyl (C=O) groups excluding carboxylic acids is 1. The fraction of sp³-hybridized carbons (Fsp3) is 0.853. The lowest BCUT2D eigenvalue weighted by atomic mass is 9.87. The summed E-state index contributed by atoms with van der Waals surface area (Å²) in [6.45, 7) is 3.82. The van der Waals surface area contributed by atoms with E-state index >= 15 is 0 Å². The van der Waals surface area contributed by atoms with Crippen molar-refractivity contribution in [1.29, 1.82) is 0 Å². The number of ether oxygens (including phenoxy) is 5. The molecule has 2 aliphatic heterocycles. The summed E-state index contributed by atoms with van der Waals surface area (Å²) < 4.78 is 29.9. The molecular weight excluding hydrogens is 520 g/mol. The minimum atomic E-state index is -0.398. The minimum Gasteiger partial charge on any atom is -0.466 e. The molecule has 4 rings (SSSR count). The Hall–Kier alpha value is -1.25. The summed E-state index contributed by atoms with van der Waals surface area (Å²) in [4.78, 5) is 11.3. The molecule has 7 nitrogen and oxygen atoms in total. The number of rotatable bonds is 15. The van der Waals surface area contributed by atoms with Crippen LogP contribution >= 0.6 is 0 Å². The van der Waals surface area contributed by atoms with Crippen LogP contribution in [0.25, 0.3) is 0 Å². The van der Waals surface area contributed by atoms with Crippen LogP contribution < -0.4 is 0 Å². The highest BCUT2D eigenvalue weighted by atomic mass is 16.7. The van der Waals surface area contributed by atoms with Gasteiger partial charge >= 0.3 is 5.97 Å². The molecule has 2 aliphatic carbocycles. The first-order valence-corrected chi connectivity index (χ1v) is 16.7. The van der Waals surface area contributed by atoms with Gasteiger partial charge in [0, 0.05) is 31.6 Å². The molecular formula is C34H56O7. The van der Waals surface area contributed by atoms with Crippen LogP contribution in [0.3, 0.4) is 0 Å².